The molecule has 0 spiro atoms. The monoisotopic (exact) mass is 361 g/mol. The van der Waals surface area contributed by atoms with Crippen LogP contribution in [0.3, 0.4) is 0 Å². The fourth-order valence-electron chi connectivity index (χ4n) is 2.60. The molecule has 26 heavy (non-hydrogen) atoms. The quantitative estimate of drug-likeness (QED) is 0.607. The normalized spacial score (nSPS) is 15.1. The average Bonchev–Trinajstić information content (AvgIpc) is 3.38. The Labute approximate surface area is 146 Å². The third-order valence-electron chi connectivity index (χ3n) is 4.12. The van der Waals surface area contributed by atoms with Crippen LogP contribution in [0.2, 0.25) is 0 Å². The number of aromatic nitrogens is 4. The van der Waals surface area contributed by atoms with E-state index in [0.717, 1.165) is 18.5 Å². The molecule has 1 fully saturated rings. The van der Waals surface area contributed by atoms with Crippen molar-refractivity contribution in [2.45, 2.75) is 24.9 Å². The van der Waals surface area contributed by atoms with Crippen molar-refractivity contribution in [2.24, 2.45) is 0 Å². The van der Waals surface area contributed by atoms with Crippen molar-refractivity contribution in [1.82, 2.24) is 20.2 Å². The molecule has 1 unspecified atom stereocenters. The van der Waals surface area contributed by atoms with Crippen molar-refractivity contribution in [3.05, 3.63) is 65.0 Å². The van der Waals surface area contributed by atoms with Crippen LogP contribution in [-0.4, -0.2) is 25.3 Å². The number of hydrogen-bond donors (Lipinski definition) is 3. The van der Waals surface area contributed by atoms with E-state index in [2.05, 4.69) is 25.5 Å². The van der Waals surface area contributed by atoms with E-state index in [1.165, 1.54) is 6.20 Å². The van der Waals surface area contributed by atoms with Crippen molar-refractivity contribution < 1.29 is 18.3 Å². The zero-order valence-corrected chi connectivity index (χ0v) is 13.4. The molecule has 3 N–H and O–H groups in total. The summed E-state index contributed by atoms with van der Waals surface area (Å²) >= 11 is 0. The van der Waals surface area contributed by atoms with Gasteiger partial charge in [-0.2, -0.15) is 5.10 Å². The van der Waals surface area contributed by atoms with Gasteiger partial charge in [0.25, 0.3) is 0 Å². The zero-order valence-electron chi connectivity index (χ0n) is 13.4. The van der Waals surface area contributed by atoms with Gasteiger partial charge in [-0.1, -0.05) is 0 Å². The summed E-state index contributed by atoms with van der Waals surface area (Å²) in [7, 11) is 0. The summed E-state index contributed by atoms with van der Waals surface area (Å²) in [6.45, 7) is 0. The van der Waals surface area contributed by atoms with E-state index in [4.69, 9.17) is 0 Å². The lowest BCUT2D eigenvalue weighted by atomic mass is 10.1. The second-order valence-electron chi connectivity index (χ2n) is 6.10. The van der Waals surface area contributed by atoms with Gasteiger partial charge in [-0.05, 0) is 25.0 Å². The maximum Gasteiger partial charge on any atom is 0.163 e. The zero-order chi connectivity index (χ0) is 18.3. The Morgan fingerprint density at radius 1 is 1.08 bits per heavy atom. The number of nitrogens with zero attached hydrogens (tertiary/aromatic N) is 3. The number of nitrogens with one attached hydrogen (secondary N) is 2. The van der Waals surface area contributed by atoms with Gasteiger partial charge >= 0.3 is 0 Å². The van der Waals surface area contributed by atoms with Crippen molar-refractivity contribution in [1.29, 1.82) is 0 Å². The Morgan fingerprint density at radius 3 is 2.62 bits per heavy atom. The Kier molecular flexibility index (Phi) is 4.08. The van der Waals surface area contributed by atoms with Gasteiger partial charge in [-0.25, -0.2) is 23.1 Å². The minimum Gasteiger partial charge on any atom is -0.380 e. The number of benzene rings is 1. The molecular formula is C17H14F3N5O. The Bertz CT molecular complexity index is 957. The first kappa shape index (κ1) is 16.5. The molecule has 0 saturated heterocycles. The number of aliphatic hydroxyl groups is 1. The van der Waals surface area contributed by atoms with Gasteiger partial charge in [-0.3, -0.25) is 5.10 Å². The number of H-pyrrole nitrogens is 1. The van der Waals surface area contributed by atoms with Gasteiger partial charge in [0.2, 0.25) is 0 Å². The smallest absolute Gasteiger partial charge is 0.163 e. The van der Waals surface area contributed by atoms with Crippen LogP contribution in [0.5, 0.6) is 0 Å². The lowest BCUT2D eigenvalue weighted by molar-refractivity contribution is 0.203. The highest BCUT2D eigenvalue weighted by Gasteiger charge is 2.25. The molecule has 0 aliphatic heterocycles. The van der Waals surface area contributed by atoms with Gasteiger partial charge in [0, 0.05) is 35.5 Å². The molecule has 4 rings (SSSR count). The van der Waals surface area contributed by atoms with Crippen LogP contribution in [0.1, 0.15) is 41.9 Å². The summed E-state index contributed by atoms with van der Waals surface area (Å²) in [6, 6.07) is 4.38. The third-order valence-corrected chi connectivity index (χ3v) is 4.12. The average molecular weight is 361 g/mol. The summed E-state index contributed by atoms with van der Waals surface area (Å²) in [5, 5.41) is 20.3. The van der Waals surface area contributed by atoms with Crippen LogP contribution in [0.25, 0.3) is 0 Å². The Hall–Kier alpha value is -2.94. The number of aromatic amines is 1. The van der Waals surface area contributed by atoms with Crippen molar-refractivity contribution in [3.8, 4) is 0 Å². The second-order valence-corrected chi connectivity index (χ2v) is 6.10. The maximum atomic E-state index is 13.8. The molecule has 0 bridgehead atoms. The highest BCUT2D eigenvalue weighted by Crippen LogP contribution is 2.39. The molecule has 1 aliphatic carbocycles. The van der Waals surface area contributed by atoms with Crippen LogP contribution in [0.15, 0.2) is 30.5 Å². The molecule has 9 heteroatoms. The predicted molar refractivity (Wildman–Crippen MR) is 86.3 cm³/mol. The fourth-order valence-corrected chi connectivity index (χ4v) is 2.60. The van der Waals surface area contributed by atoms with Crippen LogP contribution in [0, 0.1) is 17.5 Å². The van der Waals surface area contributed by atoms with Crippen LogP contribution in [0.4, 0.5) is 24.8 Å². The molecule has 1 aromatic carbocycles. The highest BCUT2D eigenvalue weighted by molar-refractivity contribution is 5.52. The van der Waals surface area contributed by atoms with Crippen molar-refractivity contribution in [3.63, 3.8) is 0 Å². The molecule has 0 radical (unpaired) electrons. The first-order valence-electron chi connectivity index (χ1n) is 7.99. The molecule has 1 saturated carbocycles. The molecule has 6 nitrogen and oxygen atoms in total. The van der Waals surface area contributed by atoms with E-state index in [1.54, 1.807) is 6.07 Å². The van der Waals surface area contributed by atoms with Crippen molar-refractivity contribution in [2.75, 3.05) is 5.32 Å². The summed E-state index contributed by atoms with van der Waals surface area (Å²) in [6.07, 6.45) is 1.98. The molecule has 134 valence electrons. The highest BCUT2D eigenvalue weighted by atomic mass is 19.2. The first-order valence-corrected chi connectivity index (χ1v) is 7.99. The van der Waals surface area contributed by atoms with E-state index in [0.29, 0.717) is 29.7 Å². The van der Waals surface area contributed by atoms with Gasteiger partial charge in [0.05, 0.1) is 0 Å². The summed E-state index contributed by atoms with van der Waals surface area (Å²) in [5.41, 5.74) is 0.586. The number of rotatable bonds is 5. The molecule has 0 amide bonds. The van der Waals surface area contributed by atoms with Gasteiger partial charge in [0.15, 0.2) is 23.3 Å². The number of hydrogen-bond acceptors (Lipinski definition) is 5. The number of halogens is 3. The van der Waals surface area contributed by atoms with Gasteiger partial charge < -0.3 is 10.4 Å². The SMILES string of the molecule is OC(c1nccc(Nc2cc(C3CC3)[nH]n2)n1)c1cc(F)c(F)cc1F. The minimum atomic E-state index is -1.65. The van der Waals surface area contributed by atoms with E-state index in [-0.39, 0.29) is 5.82 Å². The largest absolute Gasteiger partial charge is 0.380 e. The molecular weight excluding hydrogens is 347 g/mol. The molecule has 1 aliphatic rings. The van der Waals surface area contributed by atoms with E-state index in [9.17, 15) is 18.3 Å². The van der Waals surface area contributed by atoms with E-state index in [1.807, 2.05) is 6.07 Å². The number of anilines is 2. The number of aliphatic hydroxyl groups excluding tert-OH is 1. The predicted octanol–water partition coefficient (Wildman–Crippen LogP) is 3.32. The first-order chi connectivity index (χ1) is 12.5. The van der Waals surface area contributed by atoms with Crippen molar-refractivity contribution >= 4 is 11.6 Å². The summed E-state index contributed by atoms with van der Waals surface area (Å²) < 4.78 is 40.3. The third kappa shape index (κ3) is 3.25. The maximum absolute atomic E-state index is 13.8. The summed E-state index contributed by atoms with van der Waals surface area (Å²) in [5.74, 6) is -2.45. The lowest BCUT2D eigenvalue weighted by Crippen LogP contribution is -2.09. The van der Waals surface area contributed by atoms with Crippen LogP contribution < -0.4 is 5.32 Å². The summed E-state index contributed by atoms with van der Waals surface area (Å²) in [4.78, 5) is 7.98. The molecule has 2 heterocycles. The van der Waals surface area contributed by atoms with E-state index < -0.39 is 29.1 Å². The van der Waals surface area contributed by atoms with Gasteiger partial charge in [0.1, 0.15) is 17.7 Å². The second kappa shape index (κ2) is 6.41. The molecule has 3 aromatic rings. The lowest BCUT2D eigenvalue weighted by Gasteiger charge is -2.12. The fraction of sp³-hybridized carbons (Fsp3) is 0.235. The Morgan fingerprint density at radius 2 is 1.85 bits per heavy atom. The van der Waals surface area contributed by atoms with Crippen LogP contribution in [-0.2, 0) is 0 Å². The Balaban J connectivity index is 1.57. The van der Waals surface area contributed by atoms with Crippen LogP contribution >= 0.6 is 0 Å². The topological polar surface area (TPSA) is 86.7 Å². The van der Waals surface area contributed by atoms with E-state index >= 15 is 0 Å². The van der Waals surface area contributed by atoms with Gasteiger partial charge in [-0.15, -0.1) is 0 Å². The molecule has 1 atom stereocenters. The minimum absolute atomic E-state index is 0.155. The molecule has 2 aromatic heterocycles. The standard InChI is InChI=1S/C17H14F3N5O/c18-10-6-12(20)11(19)5-9(10)16(26)17-21-4-3-14(23-17)22-15-7-13(24-25-15)8-1-2-8/h3-8,16,26H,1-2H2,(H2,21,22,23,24,25).